The van der Waals surface area contributed by atoms with Crippen molar-refractivity contribution in [3.05, 3.63) is 522 Å². The average Bonchev–Trinajstić information content (AvgIpc) is 1.62. The largest absolute Gasteiger partial charge is 0.456 e. The summed E-state index contributed by atoms with van der Waals surface area (Å²) in [5.41, 5.74) is 41.7. The Hall–Kier alpha value is -18.4. The van der Waals surface area contributed by atoms with Crippen molar-refractivity contribution in [2.24, 2.45) is 0 Å². The third-order valence-electron chi connectivity index (χ3n) is 27.1. The highest BCUT2D eigenvalue weighted by Gasteiger charge is 2.22. The second-order valence-corrected chi connectivity index (χ2v) is 35.3. The second-order valence-electron chi connectivity index (χ2n) is 35.3. The van der Waals surface area contributed by atoms with Crippen LogP contribution in [0.5, 0.6) is 0 Å². The topological polar surface area (TPSA) is 59.0 Å². The first-order chi connectivity index (χ1) is 68.3. The summed E-state index contributed by atoms with van der Waals surface area (Å²) in [5.74, 6) is 0. The van der Waals surface area contributed by atoms with Crippen LogP contribution >= 0.6 is 0 Å². The Labute approximate surface area is 799 Å². The molecule has 0 aliphatic heterocycles. The van der Waals surface area contributed by atoms with Gasteiger partial charge in [0.15, 0.2) is 0 Å². The number of anilines is 6. The number of furan rings is 4. The van der Waals surface area contributed by atoms with Gasteiger partial charge in [-0.1, -0.05) is 400 Å². The van der Waals surface area contributed by atoms with Crippen molar-refractivity contribution in [2.45, 2.75) is 0 Å². The van der Waals surface area contributed by atoms with Crippen LogP contribution in [-0.4, -0.2) is 0 Å². The highest BCUT2D eigenvalue weighted by molar-refractivity contribution is 6.12. The molecule has 0 bridgehead atoms. The van der Waals surface area contributed by atoms with E-state index in [-0.39, 0.29) is 0 Å². The van der Waals surface area contributed by atoms with E-state index in [4.69, 9.17) is 17.7 Å². The van der Waals surface area contributed by atoms with Gasteiger partial charge in [-0.3, -0.25) is 0 Å². The zero-order valence-corrected chi connectivity index (χ0v) is 75.2. The van der Waals surface area contributed by atoms with Crippen LogP contribution in [0.15, 0.2) is 539 Å². The van der Waals surface area contributed by atoms with Gasteiger partial charge in [0.05, 0.1) is 0 Å². The number of nitrogens with zero attached hydrogens (tertiary/aromatic N) is 2. The predicted octanol–water partition coefficient (Wildman–Crippen LogP) is 37.9. The number of fused-ring (bicyclic) bond motifs is 12. The highest BCUT2D eigenvalue weighted by Crippen LogP contribution is 2.46. The summed E-state index contributed by atoms with van der Waals surface area (Å²) in [4.78, 5) is 4.68. The molecule has 0 aliphatic carbocycles. The molecule has 6 heteroatoms. The molecule has 0 radical (unpaired) electrons. The number of benzene rings is 22. The monoisotopic (exact) mass is 1760 g/mol. The summed E-state index contributed by atoms with van der Waals surface area (Å²) < 4.78 is 24.9. The molecule has 22 aromatic carbocycles. The van der Waals surface area contributed by atoms with Crippen molar-refractivity contribution in [3.63, 3.8) is 0 Å². The summed E-state index contributed by atoms with van der Waals surface area (Å²) in [7, 11) is 0. The SMILES string of the molecule is c1ccc(-c2ccc(-c3ccc(N(c4ccc(-c5ccc(-c6ccc7oc8ccccc8c7c6)cc5)cc4)c4ccc(-c5ccc(-c6ccc7oc8ccccc8c7c6)cc5)cc4)cc3)cc2)cc1.c1ccc(-c2ccc(-c3ccc(N(c4ccc(-c5ccc(-c6cccc7c6oc6ccccc67)cc5)cc4)c4ccc(-c5ccc(-c6cccc7c6oc6ccccc67)cc5)cc4)cc3)cc2)cc1. The molecule has 0 saturated carbocycles. The molecule has 0 spiro atoms. The van der Waals surface area contributed by atoms with Crippen LogP contribution < -0.4 is 9.80 Å². The van der Waals surface area contributed by atoms with Gasteiger partial charge in [0.1, 0.15) is 44.7 Å². The molecule has 138 heavy (non-hydrogen) atoms. The van der Waals surface area contributed by atoms with Gasteiger partial charge in [-0.15, -0.1) is 0 Å². The summed E-state index contributed by atoms with van der Waals surface area (Å²) in [6, 6.07) is 186. The summed E-state index contributed by atoms with van der Waals surface area (Å²) in [5, 5.41) is 9.10. The van der Waals surface area contributed by atoms with Crippen molar-refractivity contribution >= 4 is 122 Å². The van der Waals surface area contributed by atoms with E-state index >= 15 is 0 Å². The van der Waals surface area contributed by atoms with Gasteiger partial charge >= 0.3 is 0 Å². The van der Waals surface area contributed by atoms with Crippen LogP contribution in [0.2, 0.25) is 0 Å². The fourth-order valence-corrected chi connectivity index (χ4v) is 19.8. The Morgan fingerprint density at radius 3 is 0.536 bits per heavy atom. The number of para-hydroxylation sites is 6. The lowest BCUT2D eigenvalue weighted by molar-refractivity contribution is 0.668. The maximum atomic E-state index is 6.37. The molecule has 6 nitrogen and oxygen atoms in total. The normalized spacial score (nSPS) is 11.5. The lowest BCUT2D eigenvalue weighted by Gasteiger charge is -2.26. The molecule has 4 aromatic heterocycles. The molecule has 0 unspecified atom stereocenters. The second kappa shape index (κ2) is 35.3. The molecule has 26 aromatic rings. The van der Waals surface area contributed by atoms with E-state index < -0.39 is 0 Å². The summed E-state index contributed by atoms with van der Waals surface area (Å²) in [6.45, 7) is 0. The van der Waals surface area contributed by atoms with Crippen molar-refractivity contribution in [1.82, 2.24) is 0 Å². The molecule has 648 valence electrons. The Morgan fingerprint density at radius 1 is 0.109 bits per heavy atom. The zero-order valence-electron chi connectivity index (χ0n) is 75.2. The van der Waals surface area contributed by atoms with Crippen LogP contribution in [0.3, 0.4) is 0 Å². The smallest absolute Gasteiger partial charge is 0.143 e. The maximum absolute atomic E-state index is 6.37. The first-order valence-electron chi connectivity index (χ1n) is 46.9. The van der Waals surface area contributed by atoms with E-state index in [2.05, 4.69) is 483 Å². The third kappa shape index (κ3) is 15.7. The molecule has 0 atom stereocenters. The van der Waals surface area contributed by atoms with Crippen molar-refractivity contribution in [2.75, 3.05) is 9.80 Å². The lowest BCUT2D eigenvalue weighted by Crippen LogP contribution is -2.09. The van der Waals surface area contributed by atoms with Crippen LogP contribution in [0, 0.1) is 0 Å². The van der Waals surface area contributed by atoms with Gasteiger partial charge in [0.25, 0.3) is 0 Å². The van der Waals surface area contributed by atoms with Crippen LogP contribution in [0.4, 0.5) is 34.1 Å². The first kappa shape index (κ1) is 81.6. The van der Waals surface area contributed by atoms with Gasteiger partial charge in [-0.25, -0.2) is 0 Å². The minimum Gasteiger partial charge on any atom is -0.456 e. The molecule has 0 aliphatic rings. The molecule has 0 N–H and O–H groups in total. The number of hydrogen-bond acceptors (Lipinski definition) is 6. The summed E-state index contributed by atoms with van der Waals surface area (Å²) in [6.07, 6.45) is 0. The van der Waals surface area contributed by atoms with E-state index in [1.807, 2.05) is 48.5 Å². The van der Waals surface area contributed by atoms with Crippen molar-refractivity contribution in [1.29, 1.82) is 0 Å². The van der Waals surface area contributed by atoms with Crippen LogP contribution in [0.1, 0.15) is 0 Å². The summed E-state index contributed by atoms with van der Waals surface area (Å²) >= 11 is 0. The van der Waals surface area contributed by atoms with E-state index in [1.54, 1.807) is 0 Å². The molecule has 0 saturated heterocycles. The van der Waals surface area contributed by atoms with Crippen LogP contribution in [0.25, 0.3) is 221 Å². The number of rotatable bonds is 18. The van der Waals surface area contributed by atoms with Crippen LogP contribution in [-0.2, 0) is 0 Å². The Bertz CT molecular complexity index is 8540. The molecule has 4 heterocycles. The van der Waals surface area contributed by atoms with Gasteiger partial charge in [-0.05, 0) is 244 Å². The predicted molar refractivity (Wildman–Crippen MR) is 577 cm³/mol. The minimum absolute atomic E-state index is 0.908. The molecular weight excluding hydrogens is 1680 g/mol. The standard InChI is InChI=1S/2C66H43NO2/c1-2-10-44(11-3-1)45-20-22-46(23-21-45)49-32-38-54(39-33-49)67(55-40-34-50(35-41-55)47-24-28-52(29-25-47)57-14-8-16-61-59-12-4-6-18-63(59)68-65(57)61)56-42-36-51(37-43-56)48-26-30-53(31-27-48)58-15-9-17-62-60-13-5-7-19-64(60)69-66(58)62;1-2-8-44(9-3-1)45-14-16-46(17-15-45)49-26-34-56(35-27-49)67(57-36-28-50(29-37-57)47-18-22-52(23-19-47)54-32-40-65-61(42-54)59-10-4-6-12-63(59)68-65)58-38-30-51(31-39-58)48-20-24-53(25-21-48)55-33-41-66-62(43-55)60-11-5-7-13-64(60)69-66/h2*1-43H. The fraction of sp³-hybridized carbons (Fsp3) is 0. The highest BCUT2D eigenvalue weighted by atomic mass is 16.3. The van der Waals surface area contributed by atoms with Crippen molar-refractivity contribution < 1.29 is 17.7 Å². The lowest BCUT2D eigenvalue weighted by atomic mass is 9.98. The van der Waals surface area contributed by atoms with Gasteiger partial charge in [0, 0.05) is 88.3 Å². The minimum atomic E-state index is 0.908. The maximum Gasteiger partial charge on any atom is 0.143 e. The number of hydrogen-bond donors (Lipinski definition) is 0. The molecule has 26 rings (SSSR count). The van der Waals surface area contributed by atoms with Gasteiger partial charge < -0.3 is 27.5 Å². The Morgan fingerprint density at radius 2 is 0.283 bits per heavy atom. The van der Waals surface area contributed by atoms with E-state index in [0.717, 1.165) is 178 Å². The van der Waals surface area contributed by atoms with Gasteiger partial charge in [0.2, 0.25) is 0 Å². The Balaban J connectivity index is 0.000000146. The quantitative estimate of drug-likeness (QED) is 0.0853. The third-order valence-corrected chi connectivity index (χ3v) is 27.1. The molecular formula is C132H86N2O4. The van der Waals surface area contributed by atoms with E-state index in [0.29, 0.717) is 0 Å². The van der Waals surface area contributed by atoms with E-state index in [9.17, 15) is 0 Å². The van der Waals surface area contributed by atoms with E-state index in [1.165, 1.54) is 77.9 Å². The van der Waals surface area contributed by atoms with Crippen molar-refractivity contribution in [3.8, 4) is 134 Å². The first-order valence-corrected chi connectivity index (χ1v) is 46.9. The Kier molecular flexibility index (Phi) is 20.9. The fourth-order valence-electron chi connectivity index (χ4n) is 19.8. The molecule has 0 amide bonds. The van der Waals surface area contributed by atoms with Gasteiger partial charge in [-0.2, -0.15) is 0 Å². The average molecular weight is 1760 g/mol. The zero-order chi connectivity index (χ0) is 91.4. The molecule has 0 fully saturated rings.